The van der Waals surface area contributed by atoms with Gasteiger partial charge in [-0.1, -0.05) is 12.6 Å². The van der Waals surface area contributed by atoms with Crippen molar-refractivity contribution < 1.29 is 14.3 Å². The number of carbonyl (C=O) groups is 2. The molecule has 3 heterocycles. The third-order valence-electron chi connectivity index (χ3n) is 4.98. The summed E-state index contributed by atoms with van der Waals surface area (Å²) in [5, 5.41) is 12.7. The van der Waals surface area contributed by atoms with E-state index in [2.05, 4.69) is 49.5 Å². The number of aromatic nitrogens is 4. The van der Waals surface area contributed by atoms with E-state index in [4.69, 9.17) is 4.74 Å². The number of ether oxygens (including phenoxy) is 1. The maximum Gasteiger partial charge on any atom is 0.418 e. The van der Waals surface area contributed by atoms with Gasteiger partial charge in [0.15, 0.2) is 0 Å². The van der Waals surface area contributed by atoms with E-state index >= 15 is 0 Å². The van der Waals surface area contributed by atoms with Crippen LogP contribution >= 0.6 is 0 Å². The van der Waals surface area contributed by atoms with Crippen LogP contribution in [0.2, 0.25) is 0 Å². The molecule has 11 heteroatoms. The molecular weight excluding hydrogens is 424 g/mol. The van der Waals surface area contributed by atoms with E-state index in [1.54, 1.807) is 30.5 Å². The van der Waals surface area contributed by atoms with Crippen LogP contribution in [0.3, 0.4) is 0 Å². The van der Waals surface area contributed by atoms with Crippen LogP contribution in [-0.4, -0.2) is 56.8 Å². The number of rotatable bonds is 7. The van der Waals surface area contributed by atoms with Gasteiger partial charge in [0.05, 0.1) is 17.9 Å². The number of anilines is 4. The van der Waals surface area contributed by atoms with Crippen LogP contribution in [-0.2, 0) is 4.79 Å². The highest BCUT2D eigenvalue weighted by Gasteiger charge is 2.21. The summed E-state index contributed by atoms with van der Waals surface area (Å²) < 4.78 is 7.22. The van der Waals surface area contributed by atoms with Crippen molar-refractivity contribution in [1.29, 1.82) is 0 Å². The highest BCUT2D eigenvalue weighted by Crippen LogP contribution is 2.22. The lowest BCUT2D eigenvalue weighted by atomic mass is 10.3. The molecule has 3 aromatic rings. The molecule has 1 saturated heterocycles. The molecule has 1 aliphatic heterocycles. The number of benzene rings is 1. The monoisotopic (exact) mass is 448 g/mol. The summed E-state index contributed by atoms with van der Waals surface area (Å²) in [6.45, 7) is 5.41. The summed E-state index contributed by atoms with van der Waals surface area (Å²) >= 11 is 0. The lowest BCUT2D eigenvalue weighted by Gasteiger charge is -2.10. The fourth-order valence-electron chi connectivity index (χ4n) is 3.42. The van der Waals surface area contributed by atoms with Crippen LogP contribution in [0.25, 0.3) is 0 Å². The van der Waals surface area contributed by atoms with E-state index in [0.717, 1.165) is 31.3 Å². The number of hydrogen-bond donors (Lipinski definition) is 3. The van der Waals surface area contributed by atoms with Gasteiger partial charge < -0.3 is 20.3 Å². The Morgan fingerprint density at radius 2 is 2.12 bits per heavy atom. The van der Waals surface area contributed by atoms with Crippen molar-refractivity contribution >= 4 is 35.1 Å². The third-order valence-corrected chi connectivity index (χ3v) is 4.98. The van der Waals surface area contributed by atoms with Gasteiger partial charge in [-0.15, -0.1) is 0 Å². The molecule has 1 aliphatic rings. The van der Waals surface area contributed by atoms with Gasteiger partial charge in [0.2, 0.25) is 11.9 Å². The number of likely N-dealkylation sites (tertiary alicyclic amines) is 1. The highest BCUT2D eigenvalue weighted by molar-refractivity contribution is 5.99. The zero-order valence-electron chi connectivity index (χ0n) is 18.1. The number of nitrogens with one attached hydrogen (secondary N) is 3. The lowest BCUT2D eigenvalue weighted by Crippen LogP contribution is -2.18. The number of hydrogen-bond acceptors (Lipinski definition) is 8. The fraction of sp³-hybridized carbons (Fsp3) is 0.227. The van der Waals surface area contributed by atoms with Crippen molar-refractivity contribution in [2.24, 2.45) is 0 Å². The van der Waals surface area contributed by atoms with Crippen molar-refractivity contribution in [3.8, 4) is 5.75 Å². The summed E-state index contributed by atoms with van der Waals surface area (Å²) in [4.78, 5) is 34.4. The largest absolute Gasteiger partial charge is 0.418 e. The van der Waals surface area contributed by atoms with Gasteiger partial charge in [0, 0.05) is 30.7 Å². The molecule has 1 fully saturated rings. The number of likely N-dealkylation sites (N-methyl/N-ethyl adjacent to an activating group) is 1. The van der Waals surface area contributed by atoms with Gasteiger partial charge in [-0.05, 0) is 44.3 Å². The van der Waals surface area contributed by atoms with Gasteiger partial charge in [-0.2, -0.15) is 10.1 Å². The summed E-state index contributed by atoms with van der Waals surface area (Å²) in [5.74, 6) is 0.467. The molecule has 2 amide bonds. The molecule has 0 saturated carbocycles. The second-order valence-corrected chi connectivity index (χ2v) is 7.54. The van der Waals surface area contributed by atoms with Crippen LogP contribution < -0.4 is 20.7 Å². The molecule has 2 aromatic heterocycles. The number of carbonyl (C=O) groups excluding carboxylic acids is 2. The predicted molar refractivity (Wildman–Crippen MR) is 124 cm³/mol. The Morgan fingerprint density at radius 3 is 2.91 bits per heavy atom. The number of amides is 2. The molecule has 33 heavy (non-hydrogen) atoms. The zero-order chi connectivity index (χ0) is 23.2. The van der Waals surface area contributed by atoms with Crippen molar-refractivity contribution in [3.05, 3.63) is 61.6 Å². The van der Waals surface area contributed by atoms with Gasteiger partial charge in [0.1, 0.15) is 11.6 Å². The van der Waals surface area contributed by atoms with E-state index in [0.29, 0.717) is 17.7 Å². The molecule has 1 unspecified atom stereocenters. The molecule has 0 aliphatic carbocycles. The van der Waals surface area contributed by atoms with E-state index in [1.165, 1.54) is 12.3 Å². The molecule has 11 nitrogen and oxygen atoms in total. The Bertz CT molecular complexity index is 1160. The topological polar surface area (TPSA) is 126 Å². The van der Waals surface area contributed by atoms with Gasteiger partial charge in [0.25, 0.3) is 0 Å². The van der Waals surface area contributed by atoms with Crippen molar-refractivity contribution in [2.75, 3.05) is 36.1 Å². The summed E-state index contributed by atoms with van der Waals surface area (Å²) in [6, 6.07) is 8.33. The van der Waals surface area contributed by atoms with Crippen LogP contribution in [0, 0.1) is 0 Å². The molecule has 4 rings (SSSR count). The Labute approximate surface area is 190 Å². The Morgan fingerprint density at radius 1 is 1.24 bits per heavy atom. The average molecular weight is 448 g/mol. The van der Waals surface area contributed by atoms with Crippen molar-refractivity contribution in [3.63, 3.8) is 0 Å². The second kappa shape index (κ2) is 9.92. The van der Waals surface area contributed by atoms with Crippen molar-refractivity contribution in [2.45, 2.75) is 12.5 Å². The molecule has 170 valence electrons. The van der Waals surface area contributed by atoms with Crippen molar-refractivity contribution in [1.82, 2.24) is 24.6 Å². The minimum atomic E-state index is -0.731. The molecule has 1 atom stereocenters. The lowest BCUT2D eigenvalue weighted by molar-refractivity contribution is -0.111. The van der Waals surface area contributed by atoms with Crippen LogP contribution in [0.5, 0.6) is 5.75 Å². The Hall–Kier alpha value is -4.25. The van der Waals surface area contributed by atoms with E-state index < -0.39 is 6.09 Å². The van der Waals surface area contributed by atoms with Gasteiger partial charge in [-0.3, -0.25) is 14.8 Å². The van der Waals surface area contributed by atoms with E-state index in [9.17, 15) is 9.59 Å². The van der Waals surface area contributed by atoms with Gasteiger partial charge >= 0.3 is 6.09 Å². The summed E-state index contributed by atoms with van der Waals surface area (Å²) in [7, 11) is 2.09. The first-order chi connectivity index (χ1) is 16.0. The fourth-order valence-corrected chi connectivity index (χ4v) is 3.42. The smallest absolute Gasteiger partial charge is 0.410 e. The second-order valence-electron chi connectivity index (χ2n) is 7.54. The minimum absolute atomic E-state index is 0.256. The van der Waals surface area contributed by atoms with Crippen LogP contribution in [0.15, 0.2) is 61.6 Å². The van der Waals surface area contributed by atoms with Crippen LogP contribution in [0.1, 0.15) is 12.5 Å². The molecule has 0 radical (unpaired) electrons. The molecule has 0 spiro atoms. The average Bonchev–Trinajstić information content (AvgIpc) is 3.43. The Balaban J connectivity index is 1.35. The first kappa shape index (κ1) is 22.0. The Kier molecular flexibility index (Phi) is 6.60. The summed E-state index contributed by atoms with van der Waals surface area (Å²) in [5.41, 5.74) is 1.23. The standard InChI is InChI=1S/C22H24N8O3/c1-3-20(31)25-15-5-4-6-18(11-15)33-22(32)28-19-7-9-23-21(27-19)26-16-12-24-30(13-16)17-8-10-29(2)14-17/h3-7,9,11-13,17H,1,8,10,14H2,2H3,(H,25,31)(H2,23,26,27,28,32). The SMILES string of the molecule is C=CC(=O)Nc1cccc(OC(=O)Nc2ccnc(Nc3cnn(C4CCN(C)C4)c3)n2)c1. The molecule has 1 aromatic carbocycles. The zero-order valence-corrected chi connectivity index (χ0v) is 18.1. The van der Waals surface area contributed by atoms with Gasteiger partial charge in [-0.25, -0.2) is 9.78 Å². The van der Waals surface area contributed by atoms with Crippen LogP contribution in [0.4, 0.5) is 27.9 Å². The maximum absolute atomic E-state index is 12.3. The normalized spacial score (nSPS) is 15.6. The minimum Gasteiger partial charge on any atom is -0.410 e. The summed E-state index contributed by atoms with van der Waals surface area (Å²) in [6.07, 6.45) is 6.63. The maximum atomic E-state index is 12.3. The first-order valence-corrected chi connectivity index (χ1v) is 10.3. The number of nitrogens with zero attached hydrogens (tertiary/aromatic N) is 5. The predicted octanol–water partition coefficient (Wildman–Crippen LogP) is 3.03. The molecular formula is C22H24N8O3. The molecule has 3 N–H and O–H groups in total. The van der Waals surface area contributed by atoms with E-state index in [-0.39, 0.29) is 17.5 Å². The van der Waals surface area contributed by atoms with E-state index in [1.807, 2.05) is 10.9 Å². The molecule has 0 bridgehead atoms. The highest BCUT2D eigenvalue weighted by atomic mass is 16.6. The third kappa shape index (κ3) is 5.92. The first-order valence-electron chi connectivity index (χ1n) is 10.3. The quantitative estimate of drug-likeness (QED) is 0.471.